The van der Waals surface area contributed by atoms with E-state index in [9.17, 15) is 5.26 Å². The zero-order chi connectivity index (χ0) is 20.7. The molecular weight excluding hydrogens is 366 g/mol. The van der Waals surface area contributed by atoms with Crippen LogP contribution in [0.5, 0.6) is 0 Å². The minimum absolute atomic E-state index is 0.110. The molecule has 1 aliphatic rings. The third-order valence-corrected chi connectivity index (χ3v) is 5.96. The molecular formula is C27H21N3. The Morgan fingerprint density at radius 2 is 1.30 bits per heavy atom. The van der Waals surface area contributed by atoms with E-state index in [1.807, 2.05) is 24.3 Å². The van der Waals surface area contributed by atoms with Crippen molar-refractivity contribution >= 4 is 17.1 Å². The van der Waals surface area contributed by atoms with E-state index in [0.29, 0.717) is 11.3 Å². The van der Waals surface area contributed by atoms with Gasteiger partial charge < -0.3 is 4.90 Å². The van der Waals surface area contributed by atoms with E-state index in [4.69, 9.17) is 0 Å². The quantitative estimate of drug-likeness (QED) is 0.383. The predicted molar refractivity (Wildman–Crippen MR) is 121 cm³/mol. The molecule has 0 atom stereocenters. The Kier molecular flexibility index (Phi) is 4.15. The van der Waals surface area contributed by atoms with Gasteiger partial charge in [0.2, 0.25) is 0 Å². The first kappa shape index (κ1) is 18.1. The number of rotatable bonds is 2. The maximum atomic E-state index is 9.66. The number of aromatic nitrogens is 1. The van der Waals surface area contributed by atoms with Crippen molar-refractivity contribution in [2.45, 2.75) is 19.3 Å². The number of para-hydroxylation sites is 3. The molecule has 0 spiro atoms. The summed E-state index contributed by atoms with van der Waals surface area (Å²) in [6.07, 6.45) is 1.74. The Labute approximate surface area is 176 Å². The van der Waals surface area contributed by atoms with Gasteiger partial charge >= 0.3 is 0 Å². The standard InChI is InChI=1S/C27H21N3/c1-27(2)21-12-4-7-15-24(21)30(25-16-8-5-13-22(25)27)23-14-6-3-11-20(23)26-19(18-28)10-9-17-29-26/h3-17H,1-2H3. The molecule has 1 aliphatic heterocycles. The van der Waals surface area contributed by atoms with Crippen molar-refractivity contribution in [3.8, 4) is 17.3 Å². The molecule has 0 unspecified atom stereocenters. The molecule has 144 valence electrons. The van der Waals surface area contributed by atoms with Crippen molar-refractivity contribution in [2.75, 3.05) is 4.90 Å². The summed E-state index contributed by atoms with van der Waals surface area (Å²) in [5.74, 6) is 0. The largest absolute Gasteiger partial charge is 0.309 e. The van der Waals surface area contributed by atoms with Gasteiger partial charge in [0.05, 0.1) is 28.3 Å². The summed E-state index contributed by atoms with van der Waals surface area (Å²) >= 11 is 0. The van der Waals surface area contributed by atoms with Crippen LogP contribution in [-0.4, -0.2) is 4.98 Å². The van der Waals surface area contributed by atoms with Crippen LogP contribution in [-0.2, 0) is 5.41 Å². The highest BCUT2D eigenvalue weighted by Crippen LogP contribution is 2.53. The van der Waals surface area contributed by atoms with E-state index >= 15 is 0 Å². The molecule has 1 aromatic heterocycles. The first-order valence-electron chi connectivity index (χ1n) is 10.1. The number of hydrogen-bond donors (Lipinski definition) is 0. The molecule has 0 radical (unpaired) electrons. The topological polar surface area (TPSA) is 39.9 Å². The van der Waals surface area contributed by atoms with Crippen molar-refractivity contribution in [2.24, 2.45) is 0 Å². The van der Waals surface area contributed by atoms with Crippen LogP contribution in [0.25, 0.3) is 11.3 Å². The first-order valence-corrected chi connectivity index (χ1v) is 10.1. The van der Waals surface area contributed by atoms with Gasteiger partial charge in [-0.2, -0.15) is 5.26 Å². The molecule has 0 aliphatic carbocycles. The second-order valence-electron chi connectivity index (χ2n) is 8.02. The molecule has 0 fully saturated rings. The molecule has 4 aromatic rings. The lowest BCUT2D eigenvalue weighted by molar-refractivity contribution is 0.632. The van der Waals surface area contributed by atoms with E-state index < -0.39 is 0 Å². The summed E-state index contributed by atoms with van der Waals surface area (Å²) in [7, 11) is 0. The first-order chi connectivity index (χ1) is 14.6. The maximum absolute atomic E-state index is 9.66. The van der Waals surface area contributed by atoms with Crippen LogP contribution in [0.15, 0.2) is 91.1 Å². The predicted octanol–water partition coefficient (Wildman–Crippen LogP) is 6.73. The maximum Gasteiger partial charge on any atom is 0.101 e. The smallest absolute Gasteiger partial charge is 0.101 e. The van der Waals surface area contributed by atoms with Gasteiger partial charge in [0.15, 0.2) is 0 Å². The molecule has 2 heterocycles. The highest BCUT2D eigenvalue weighted by atomic mass is 15.2. The molecule has 3 aromatic carbocycles. The van der Waals surface area contributed by atoms with Crippen LogP contribution >= 0.6 is 0 Å². The van der Waals surface area contributed by atoms with Gasteiger partial charge in [-0.15, -0.1) is 0 Å². The molecule has 30 heavy (non-hydrogen) atoms. The van der Waals surface area contributed by atoms with Gasteiger partial charge in [0.25, 0.3) is 0 Å². The Morgan fingerprint density at radius 3 is 1.93 bits per heavy atom. The van der Waals surface area contributed by atoms with E-state index in [1.165, 1.54) is 11.1 Å². The van der Waals surface area contributed by atoms with Crippen LogP contribution in [0.3, 0.4) is 0 Å². The number of pyridine rings is 1. The van der Waals surface area contributed by atoms with Crippen molar-refractivity contribution in [1.82, 2.24) is 4.98 Å². The summed E-state index contributed by atoms with van der Waals surface area (Å²) in [4.78, 5) is 6.87. The van der Waals surface area contributed by atoms with Crippen LogP contribution in [0.1, 0.15) is 30.5 Å². The summed E-state index contributed by atoms with van der Waals surface area (Å²) in [6, 6.07) is 31.3. The van der Waals surface area contributed by atoms with Gasteiger partial charge in [0, 0.05) is 17.2 Å². The monoisotopic (exact) mass is 387 g/mol. The second-order valence-corrected chi connectivity index (χ2v) is 8.02. The highest BCUT2D eigenvalue weighted by molar-refractivity contribution is 5.92. The van der Waals surface area contributed by atoms with E-state index in [2.05, 4.69) is 84.4 Å². The third kappa shape index (κ3) is 2.62. The van der Waals surface area contributed by atoms with Crippen LogP contribution in [0.4, 0.5) is 17.1 Å². The zero-order valence-electron chi connectivity index (χ0n) is 17.0. The lowest BCUT2D eigenvalue weighted by Gasteiger charge is -2.42. The van der Waals surface area contributed by atoms with Gasteiger partial charge in [-0.05, 0) is 41.5 Å². The molecule has 0 N–H and O–H groups in total. The molecule has 3 nitrogen and oxygen atoms in total. The number of fused-ring (bicyclic) bond motifs is 2. The van der Waals surface area contributed by atoms with Gasteiger partial charge in [-0.25, -0.2) is 0 Å². The fourth-order valence-electron chi connectivity index (χ4n) is 4.51. The number of hydrogen-bond acceptors (Lipinski definition) is 3. The fourth-order valence-corrected chi connectivity index (χ4v) is 4.51. The summed E-state index contributed by atoms with van der Waals surface area (Å²) in [6.45, 7) is 4.56. The van der Waals surface area contributed by atoms with Gasteiger partial charge in [0.1, 0.15) is 6.07 Å². The number of anilines is 3. The summed E-state index contributed by atoms with van der Waals surface area (Å²) < 4.78 is 0. The van der Waals surface area contributed by atoms with Crippen molar-refractivity contribution in [1.29, 1.82) is 5.26 Å². The zero-order valence-corrected chi connectivity index (χ0v) is 17.0. The van der Waals surface area contributed by atoms with Crippen molar-refractivity contribution in [3.63, 3.8) is 0 Å². The van der Waals surface area contributed by atoms with Crippen molar-refractivity contribution in [3.05, 3.63) is 108 Å². The number of benzene rings is 3. The lowest BCUT2D eigenvalue weighted by atomic mass is 9.73. The SMILES string of the molecule is CC1(C)c2ccccc2N(c2ccccc2-c2ncccc2C#N)c2ccccc21. The van der Waals surface area contributed by atoms with Crippen LogP contribution < -0.4 is 4.90 Å². The average molecular weight is 387 g/mol. The van der Waals surface area contributed by atoms with E-state index in [-0.39, 0.29) is 5.41 Å². The fraction of sp³-hybridized carbons (Fsp3) is 0.111. The van der Waals surface area contributed by atoms with Crippen LogP contribution in [0, 0.1) is 11.3 Å². The highest BCUT2D eigenvalue weighted by Gasteiger charge is 2.37. The molecule has 0 saturated heterocycles. The summed E-state index contributed by atoms with van der Waals surface area (Å²) in [5.41, 5.74) is 7.99. The Balaban J connectivity index is 1.83. The van der Waals surface area contributed by atoms with Gasteiger partial charge in [-0.3, -0.25) is 4.98 Å². The van der Waals surface area contributed by atoms with Gasteiger partial charge in [-0.1, -0.05) is 68.4 Å². The van der Waals surface area contributed by atoms with E-state index in [0.717, 1.165) is 22.6 Å². The average Bonchev–Trinajstić information content (AvgIpc) is 2.80. The minimum Gasteiger partial charge on any atom is -0.309 e. The second kappa shape index (κ2) is 6.86. The number of nitriles is 1. The minimum atomic E-state index is -0.110. The van der Waals surface area contributed by atoms with Crippen molar-refractivity contribution < 1.29 is 0 Å². The Hall–Kier alpha value is -3.90. The summed E-state index contributed by atoms with van der Waals surface area (Å²) in [5, 5.41) is 9.66. The Bertz CT molecular complexity index is 1250. The third-order valence-electron chi connectivity index (χ3n) is 5.96. The number of nitrogens with zero attached hydrogens (tertiary/aromatic N) is 3. The normalized spacial score (nSPS) is 13.8. The molecule has 5 rings (SSSR count). The Morgan fingerprint density at radius 1 is 0.733 bits per heavy atom. The lowest BCUT2D eigenvalue weighted by Crippen LogP contribution is -2.30. The molecule has 3 heteroatoms. The molecule has 0 saturated carbocycles. The molecule has 0 bridgehead atoms. The van der Waals surface area contributed by atoms with Crippen LogP contribution in [0.2, 0.25) is 0 Å². The molecule has 0 amide bonds. The van der Waals surface area contributed by atoms with E-state index in [1.54, 1.807) is 12.3 Å².